The molecular formula is C25H24F3O4S+. The van der Waals surface area contributed by atoms with Crippen molar-refractivity contribution in [1.82, 2.24) is 0 Å². The summed E-state index contributed by atoms with van der Waals surface area (Å²) in [4.78, 5) is 13.7. The Hall–Kier alpha value is -3.26. The summed E-state index contributed by atoms with van der Waals surface area (Å²) in [7, 11) is -0.0664. The molecular weight excluding hydrogens is 453 g/mol. The number of esters is 1. The largest absolute Gasteiger partial charge is 0.573 e. The standard InChI is InChI=1S/C25H24F3O4S/c1-5-24(4,19-8-10-20(11-9-19)31-25(26,27)28)32-22(29)16-30-23-17(2)14-21(15-18(23)3)33-12-6-7-13-33/h5-15H,1,16H2,2-4H3/q+1. The number of hydrogen-bond donors (Lipinski definition) is 0. The molecule has 1 atom stereocenters. The molecule has 1 heterocycles. The minimum absolute atomic E-state index is 0.0664. The number of rotatable bonds is 8. The minimum Gasteiger partial charge on any atom is -0.481 e. The normalized spacial score (nSPS) is 13.2. The Morgan fingerprint density at radius 3 is 2.15 bits per heavy atom. The molecule has 0 aliphatic rings. The predicted molar refractivity (Wildman–Crippen MR) is 122 cm³/mol. The lowest BCUT2D eigenvalue weighted by molar-refractivity contribution is -0.274. The zero-order valence-corrected chi connectivity index (χ0v) is 19.3. The molecule has 3 rings (SSSR count). The van der Waals surface area contributed by atoms with E-state index in [0.717, 1.165) is 23.3 Å². The van der Waals surface area contributed by atoms with Gasteiger partial charge in [-0.2, -0.15) is 0 Å². The van der Waals surface area contributed by atoms with Crippen molar-refractivity contribution in [3.8, 4) is 16.4 Å². The average molecular weight is 478 g/mol. The molecule has 0 aliphatic carbocycles. The van der Waals surface area contributed by atoms with Gasteiger partial charge in [0.1, 0.15) is 22.3 Å². The molecule has 174 valence electrons. The van der Waals surface area contributed by atoms with Gasteiger partial charge in [0.15, 0.2) is 17.1 Å². The molecule has 1 unspecified atom stereocenters. The molecule has 0 amide bonds. The van der Waals surface area contributed by atoms with E-state index in [2.05, 4.69) is 22.1 Å². The van der Waals surface area contributed by atoms with Crippen LogP contribution in [0.3, 0.4) is 0 Å². The summed E-state index contributed by atoms with van der Waals surface area (Å²) in [5, 5.41) is 4.26. The first-order valence-electron chi connectivity index (χ1n) is 10.0. The third-order valence-electron chi connectivity index (χ3n) is 4.98. The Morgan fingerprint density at radius 2 is 1.64 bits per heavy atom. The summed E-state index contributed by atoms with van der Waals surface area (Å²) in [5.41, 5.74) is 1.00. The van der Waals surface area contributed by atoms with E-state index >= 15 is 0 Å². The van der Waals surface area contributed by atoms with Crippen molar-refractivity contribution in [3.63, 3.8) is 0 Å². The van der Waals surface area contributed by atoms with Crippen LogP contribution in [0.2, 0.25) is 0 Å². The molecule has 2 aromatic carbocycles. The fourth-order valence-electron chi connectivity index (χ4n) is 3.34. The summed E-state index contributed by atoms with van der Waals surface area (Å²) >= 11 is 0. The molecule has 0 aliphatic heterocycles. The molecule has 3 aromatic rings. The molecule has 0 spiro atoms. The van der Waals surface area contributed by atoms with Gasteiger partial charge in [-0.25, -0.2) is 4.79 Å². The highest BCUT2D eigenvalue weighted by Gasteiger charge is 2.32. The van der Waals surface area contributed by atoms with Gasteiger partial charge in [-0.3, -0.25) is 0 Å². The number of carbonyl (C=O) groups excluding carboxylic acids is 1. The highest BCUT2D eigenvalue weighted by atomic mass is 32.2. The van der Waals surface area contributed by atoms with E-state index in [1.165, 1.54) is 23.1 Å². The second kappa shape index (κ2) is 9.70. The number of carbonyl (C=O) groups is 1. The van der Waals surface area contributed by atoms with Crippen molar-refractivity contribution < 1.29 is 32.2 Å². The summed E-state index contributed by atoms with van der Waals surface area (Å²) < 4.78 is 52.3. The van der Waals surface area contributed by atoms with Crippen molar-refractivity contribution >= 4 is 16.4 Å². The summed E-state index contributed by atoms with van der Waals surface area (Å²) in [5.74, 6) is -0.397. The number of aryl methyl sites for hydroxylation is 2. The molecule has 1 aromatic heterocycles. The van der Waals surface area contributed by atoms with Gasteiger partial charge in [0.2, 0.25) is 0 Å². The van der Waals surface area contributed by atoms with E-state index in [-0.39, 0.29) is 22.8 Å². The molecule has 4 nitrogen and oxygen atoms in total. The number of ether oxygens (including phenoxy) is 3. The quantitative estimate of drug-likeness (QED) is 0.200. The highest BCUT2D eigenvalue weighted by Crippen LogP contribution is 2.36. The predicted octanol–water partition coefficient (Wildman–Crippen LogP) is 6.96. The zero-order valence-electron chi connectivity index (χ0n) is 18.4. The Kier molecular flexibility index (Phi) is 7.17. The van der Waals surface area contributed by atoms with E-state index in [9.17, 15) is 18.0 Å². The second-order valence-corrected chi connectivity index (χ2v) is 9.32. The van der Waals surface area contributed by atoms with Crippen LogP contribution in [0, 0.1) is 13.8 Å². The SMILES string of the molecule is C=CC(C)(OC(=O)COc1c(C)cc(-[s+]2cccc2)cc1C)c1ccc(OC(F)(F)F)cc1. The van der Waals surface area contributed by atoms with Gasteiger partial charge in [0.25, 0.3) is 0 Å². The van der Waals surface area contributed by atoms with Crippen LogP contribution in [-0.2, 0) is 15.1 Å². The Labute approximate surface area is 193 Å². The molecule has 0 radical (unpaired) electrons. The van der Waals surface area contributed by atoms with Crippen molar-refractivity contribution in [3.05, 3.63) is 88.6 Å². The first-order valence-corrected chi connectivity index (χ1v) is 11.4. The van der Waals surface area contributed by atoms with Gasteiger partial charge in [0, 0.05) is 22.6 Å². The van der Waals surface area contributed by atoms with E-state index in [1.807, 2.05) is 38.1 Å². The fourth-order valence-corrected chi connectivity index (χ4v) is 4.89. The second-order valence-electron chi connectivity index (χ2n) is 7.56. The van der Waals surface area contributed by atoms with Crippen LogP contribution in [0.5, 0.6) is 11.5 Å². The lowest BCUT2D eigenvalue weighted by Crippen LogP contribution is -2.29. The summed E-state index contributed by atoms with van der Waals surface area (Å²) in [6, 6.07) is 13.2. The average Bonchev–Trinajstić information content (AvgIpc) is 3.27. The fraction of sp³-hybridized carbons (Fsp3) is 0.240. The van der Waals surface area contributed by atoms with E-state index < -0.39 is 17.9 Å². The van der Waals surface area contributed by atoms with Gasteiger partial charge < -0.3 is 14.2 Å². The number of halogens is 3. The lowest BCUT2D eigenvalue weighted by Gasteiger charge is -2.27. The minimum atomic E-state index is -4.79. The van der Waals surface area contributed by atoms with Gasteiger partial charge in [-0.15, -0.1) is 13.2 Å². The zero-order chi connectivity index (χ0) is 24.2. The van der Waals surface area contributed by atoms with Crippen LogP contribution in [0.1, 0.15) is 23.6 Å². The maximum Gasteiger partial charge on any atom is 0.573 e. The molecule has 33 heavy (non-hydrogen) atoms. The molecule has 0 saturated heterocycles. The monoisotopic (exact) mass is 477 g/mol. The lowest BCUT2D eigenvalue weighted by atomic mass is 9.96. The summed E-state index contributed by atoms with van der Waals surface area (Å²) in [6.45, 7) is 8.80. The first kappa shape index (κ1) is 24.4. The van der Waals surface area contributed by atoms with Crippen molar-refractivity contribution in [1.29, 1.82) is 0 Å². The van der Waals surface area contributed by atoms with Gasteiger partial charge >= 0.3 is 12.3 Å². The molecule has 0 bridgehead atoms. The summed E-state index contributed by atoms with van der Waals surface area (Å²) in [6.07, 6.45) is -3.38. The number of hydrogen-bond acceptors (Lipinski definition) is 4. The Morgan fingerprint density at radius 1 is 1.06 bits per heavy atom. The number of benzene rings is 2. The molecule has 0 saturated carbocycles. The van der Waals surface area contributed by atoms with Crippen LogP contribution in [0.25, 0.3) is 4.90 Å². The van der Waals surface area contributed by atoms with E-state index in [0.29, 0.717) is 11.3 Å². The molecule has 8 heteroatoms. The maximum atomic E-state index is 12.5. The topological polar surface area (TPSA) is 44.8 Å². The highest BCUT2D eigenvalue weighted by molar-refractivity contribution is 7.36. The molecule has 0 fully saturated rings. The van der Waals surface area contributed by atoms with E-state index in [1.54, 1.807) is 6.92 Å². The van der Waals surface area contributed by atoms with Crippen LogP contribution in [0.15, 0.2) is 71.9 Å². The van der Waals surface area contributed by atoms with Gasteiger partial charge in [-0.05, 0) is 67.8 Å². The van der Waals surface area contributed by atoms with Crippen LogP contribution in [0.4, 0.5) is 13.2 Å². The third-order valence-corrected chi connectivity index (χ3v) is 6.66. The third kappa shape index (κ3) is 6.16. The number of alkyl halides is 3. The van der Waals surface area contributed by atoms with Crippen molar-refractivity contribution in [2.75, 3.05) is 6.61 Å². The Bertz CT molecular complexity index is 1100. The van der Waals surface area contributed by atoms with Gasteiger partial charge in [0.05, 0.1) is 0 Å². The van der Waals surface area contributed by atoms with Gasteiger partial charge in [-0.1, -0.05) is 18.7 Å². The van der Waals surface area contributed by atoms with Crippen LogP contribution >= 0.6 is 10.5 Å². The van der Waals surface area contributed by atoms with E-state index in [4.69, 9.17) is 9.47 Å². The van der Waals surface area contributed by atoms with Crippen molar-refractivity contribution in [2.45, 2.75) is 32.7 Å². The van der Waals surface area contributed by atoms with Crippen LogP contribution < -0.4 is 9.47 Å². The van der Waals surface area contributed by atoms with Crippen molar-refractivity contribution in [2.24, 2.45) is 0 Å². The maximum absolute atomic E-state index is 12.5. The smallest absolute Gasteiger partial charge is 0.481 e. The van der Waals surface area contributed by atoms with Crippen LogP contribution in [-0.4, -0.2) is 18.9 Å². The molecule has 0 N–H and O–H groups in total. The number of thiophene rings is 1. The Balaban J connectivity index is 1.67. The first-order chi connectivity index (χ1) is 15.5.